The summed E-state index contributed by atoms with van der Waals surface area (Å²) in [5.74, 6) is 0. The van der Waals surface area contributed by atoms with Crippen molar-refractivity contribution in [3.8, 4) is 6.07 Å². The lowest BCUT2D eigenvalue weighted by molar-refractivity contribution is 0.0986. The largest absolute Gasteiger partial charge is 0.364 e. The molecule has 0 amide bonds. The van der Waals surface area contributed by atoms with Crippen molar-refractivity contribution in [3.63, 3.8) is 0 Å². The van der Waals surface area contributed by atoms with Crippen molar-refractivity contribution >= 4 is 16.7 Å². The van der Waals surface area contributed by atoms with Gasteiger partial charge in [-0.3, -0.25) is 19.5 Å². The molecule has 1 saturated heterocycles. The molecule has 0 radical (unpaired) electrons. The molecule has 0 aromatic carbocycles. The summed E-state index contributed by atoms with van der Waals surface area (Å²) >= 11 is 0. The second kappa shape index (κ2) is 8.79. The molecule has 32 heavy (non-hydrogen) atoms. The highest BCUT2D eigenvalue weighted by molar-refractivity contribution is 5.88. The Balaban J connectivity index is 1.71. The van der Waals surface area contributed by atoms with Crippen LogP contribution in [-0.4, -0.2) is 54.6 Å². The van der Waals surface area contributed by atoms with Gasteiger partial charge in [-0.25, -0.2) is 0 Å². The van der Waals surface area contributed by atoms with E-state index in [1.54, 1.807) is 23.9 Å². The smallest absolute Gasteiger partial charge is 0.252 e. The molecule has 1 N–H and O–H groups in total. The summed E-state index contributed by atoms with van der Waals surface area (Å²) in [7, 11) is 1.78. The SMILES string of the molecule is CC[C@H]1CN(C(C)c2nn(CC)cc2C#N)[C@H](CC)CN1c1cc(=O)n(C)c2cn[nH]c12. The molecule has 0 bridgehead atoms. The molecule has 0 saturated carbocycles. The van der Waals surface area contributed by atoms with Gasteiger partial charge in [-0.1, -0.05) is 13.8 Å². The maximum absolute atomic E-state index is 12.6. The van der Waals surface area contributed by atoms with E-state index in [1.807, 2.05) is 17.8 Å². The lowest BCUT2D eigenvalue weighted by atomic mass is 9.97. The quantitative estimate of drug-likeness (QED) is 0.638. The van der Waals surface area contributed by atoms with E-state index in [2.05, 4.69) is 46.8 Å². The Morgan fingerprint density at radius 1 is 1.25 bits per heavy atom. The molecule has 3 aromatic heterocycles. The number of anilines is 1. The third kappa shape index (κ3) is 3.58. The molecule has 1 aliphatic rings. The number of aryl methyl sites for hydroxylation is 2. The molecule has 1 unspecified atom stereocenters. The second-order valence-corrected chi connectivity index (χ2v) is 8.60. The first-order chi connectivity index (χ1) is 15.4. The molecule has 1 fully saturated rings. The minimum atomic E-state index is -0.0311. The summed E-state index contributed by atoms with van der Waals surface area (Å²) in [6, 6.07) is 4.59. The van der Waals surface area contributed by atoms with Gasteiger partial charge in [-0.15, -0.1) is 0 Å². The minimum Gasteiger partial charge on any atom is -0.364 e. The molecule has 3 atom stereocenters. The van der Waals surface area contributed by atoms with E-state index in [0.717, 1.165) is 54.9 Å². The van der Waals surface area contributed by atoms with Crippen molar-refractivity contribution < 1.29 is 0 Å². The number of rotatable bonds is 6. The number of nitrogens with zero attached hydrogens (tertiary/aromatic N) is 7. The van der Waals surface area contributed by atoms with Crippen LogP contribution in [0.5, 0.6) is 0 Å². The topological polar surface area (TPSA) is 98.8 Å². The van der Waals surface area contributed by atoms with E-state index in [0.29, 0.717) is 5.56 Å². The normalized spacial score (nSPS) is 20.6. The van der Waals surface area contributed by atoms with E-state index in [1.165, 1.54) is 0 Å². The Morgan fingerprint density at radius 3 is 2.66 bits per heavy atom. The molecule has 0 spiro atoms. The molecule has 0 aliphatic carbocycles. The lowest BCUT2D eigenvalue weighted by Crippen LogP contribution is -2.59. The van der Waals surface area contributed by atoms with Gasteiger partial charge in [0, 0.05) is 51.0 Å². The predicted molar refractivity (Wildman–Crippen MR) is 125 cm³/mol. The number of hydrogen-bond acceptors (Lipinski definition) is 6. The van der Waals surface area contributed by atoms with Gasteiger partial charge in [0.15, 0.2) is 0 Å². The summed E-state index contributed by atoms with van der Waals surface area (Å²) in [5, 5.41) is 21.7. The van der Waals surface area contributed by atoms with Crippen LogP contribution in [0.25, 0.3) is 11.0 Å². The molecule has 3 aromatic rings. The number of nitriles is 1. The summed E-state index contributed by atoms with van der Waals surface area (Å²) in [4.78, 5) is 17.5. The number of piperazine rings is 1. The first-order valence-corrected chi connectivity index (χ1v) is 11.5. The molecule has 170 valence electrons. The standard InChI is InChI=1S/C23H32N8O/c1-6-17-14-31(19-9-21(32)28(5)20-11-25-26-23(19)20)18(7-2)13-30(17)15(4)22-16(10-24)12-29(8-3)27-22/h9,11-12,15,17-18H,6-8,13-14H2,1-5H3,(H,25,26)/t15?,17-,18+/m1/s1. The number of H-pyrrole nitrogens is 1. The zero-order valence-corrected chi connectivity index (χ0v) is 19.5. The van der Waals surface area contributed by atoms with Gasteiger partial charge in [0.1, 0.15) is 11.6 Å². The fraction of sp³-hybridized carbons (Fsp3) is 0.565. The van der Waals surface area contributed by atoms with Crippen molar-refractivity contribution in [3.05, 3.63) is 40.1 Å². The fourth-order valence-corrected chi connectivity index (χ4v) is 4.96. The third-order valence-electron chi connectivity index (χ3n) is 6.95. The maximum Gasteiger partial charge on any atom is 0.252 e. The van der Waals surface area contributed by atoms with Gasteiger partial charge in [0.25, 0.3) is 5.56 Å². The summed E-state index contributed by atoms with van der Waals surface area (Å²) in [5.41, 5.74) is 4.10. The van der Waals surface area contributed by atoms with Gasteiger partial charge >= 0.3 is 0 Å². The van der Waals surface area contributed by atoms with E-state index < -0.39 is 0 Å². The van der Waals surface area contributed by atoms with Gasteiger partial charge < -0.3 is 9.47 Å². The zero-order valence-electron chi connectivity index (χ0n) is 19.5. The first-order valence-electron chi connectivity index (χ1n) is 11.5. The summed E-state index contributed by atoms with van der Waals surface area (Å²) < 4.78 is 3.47. The Labute approximate surface area is 188 Å². The summed E-state index contributed by atoms with van der Waals surface area (Å²) in [6.45, 7) is 10.9. The van der Waals surface area contributed by atoms with Crippen LogP contribution in [0.3, 0.4) is 0 Å². The van der Waals surface area contributed by atoms with Gasteiger partial charge in [-0.05, 0) is 26.7 Å². The van der Waals surface area contributed by atoms with Gasteiger partial charge in [-0.2, -0.15) is 15.5 Å². The highest BCUT2D eigenvalue weighted by Gasteiger charge is 2.37. The molecule has 4 heterocycles. The average molecular weight is 437 g/mol. The number of aromatic amines is 1. The third-order valence-corrected chi connectivity index (χ3v) is 6.95. The van der Waals surface area contributed by atoms with Crippen LogP contribution in [0.1, 0.15) is 57.8 Å². The molecule has 1 aliphatic heterocycles. The Morgan fingerprint density at radius 2 is 2.00 bits per heavy atom. The van der Waals surface area contributed by atoms with E-state index in [4.69, 9.17) is 5.10 Å². The highest BCUT2D eigenvalue weighted by atomic mass is 16.1. The number of aromatic nitrogens is 5. The Kier molecular flexibility index (Phi) is 6.07. The van der Waals surface area contributed by atoms with Crippen LogP contribution in [0.4, 0.5) is 5.69 Å². The lowest BCUT2D eigenvalue weighted by Gasteiger charge is -2.49. The monoisotopic (exact) mass is 436 g/mol. The molecular formula is C23H32N8O. The highest BCUT2D eigenvalue weighted by Crippen LogP contribution is 2.34. The maximum atomic E-state index is 12.6. The van der Waals surface area contributed by atoms with Crippen molar-refractivity contribution in [1.29, 1.82) is 5.26 Å². The van der Waals surface area contributed by atoms with Crippen molar-refractivity contribution in [2.24, 2.45) is 7.05 Å². The van der Waals surface area contributed by atoms with E-state index in [-0.39, 0.29) is 23.7 Å². The molecule has 9 nitrogen and oxygen atoms in total. The van der Waals surface area contributed by atoms with Crippen LogP contribution in [0, 0.1) is 11.3 Å². The van der Waals surface area contributed by atoms with Crippen LogP contribution in [0.15, 0.2) is 23.3 Å². The predicted octanol–water partition coefficient (Wildman–Crippen LogP) is 2.79. The fourth-order valence-electron chi connectivity index (χ4n) is 4.96. The van der Waals surface area contributed by atoms with E-state index in [9.17, 15) is 10.1 Å². The minimum absolute atomic E-state index is 0.0311. The molecule has 4 rings (SSSR count). The van der Waals surface area contributed by atoms with Crippen molar-refractivity contribution in [2.75, 3.05) is 18.0 Å². The van der Waals surface area contributed by atoms with E-state index >= 15 is 0 Å². The molecular weight excluding hydrogens is 404 g/mol. The van der Waals surface area contributed by atoms with Crippen LogP contribution in [0.2, 0.25) is 0 Å². The van der Waals surface area contributed by atoms with Gasteiger partial charge in [0.05, 0.1) is 34.7 Å². The Bertz CT molecular complexity index is 1200. The van der Waals surface area contributed by atoms with Gasteiger partial charge in [0.2, 0.25) is 0 Å². The number of hydrogen-bond donors (Lipinski definition) is 1. The molecule has 9 heteroatoms. The van der Waals surface area contributed by atoms with Crippen LogP contribution < -0.4 is 10.5 Å². The first kappa shape index (κ1) is 22.1. The summed E-state index contributed by atoms with van der Waals surface area (Å²) in [6.07, 6.45) is 5.46. The van der Waals surface area contributed by atoms with Crippen molar-refractivity contribution in [2.45, 2.75) is 65.2 Å². The van der Waals surface area contributed by atoms with Crippen LogP contribution in [-0.2, 0) is 13.6 Å². The van der Waals surface area contributed by atoms with Crippen LogP contribution >= 0.6 is 0 Å². The average Bonchev–Trinajstić information content (AvgIpc) is 3.47. The number of fused-ring (bicyclic) bond motifs is 1. The zero-order chi connectivity index (χ0) is 23.0. The second-order valence-electron chi connectivity index (χ2n) is 8.60. The number of nitrogens with one attached hydrogen (secondary N) is 1. The number of pyridine rings is 1. The Hall–Kier alpha value is -3.12. The van der Waals surface area contributed by atoms with Crippen molar-refractivity contribution in [1.82, 2.24) is 29.4 Å².